The van der Waals surface area contributed by atoms with Gasteiger partial charge in [-0.1, -0.05) is 13.8 Å². The Morgan fingerprint density at radius 2 is 2.06 bits per heavy atom. The Bertz CT molecular complexity index is 502. The lowest BCUT2D eigenvalue weighted by atomic mass is 10.1. The molecule has 1 aromatic carbocycles. The van der Waals surface area contributed by atoms with E-state index in [4.69, 9.17) is 0 Å². The second kappa shape index (κ2) is 4.34. The van der Waals surface area contributed by atoms with Crippen LogP contribution in [0, 0.1) is 12.7 Å². The van der Waals surface area contributed by atoms with Crippen molar-refractivity contribution in [2.45, 2.75) is 26.7 Å². The zero-order valence-corrected chi connectivity index (χ0v) is 10.4. The lowest BCUT2D eigenvalue weighted by Crippen LogP contribution is -1.88. The number of aromatic nitrogens is 1. The Labute approximate surface area is 99.0 Å². The zero-order chi connectivity index (χ0) is 11.7. The SMILES string of the molecule is Cc1cc(F)ccc1-c1nc(C(C)C)cs1. The van der Waals surface area contributed by atoms with Crippen LogP contribution in [0.1, 0.15) is 31.0 Å². The van der Waals surface area contributed by atoms with Crippen LogP contribution in [0.25, 0.3) is 10.6 Å². The second-order valence-corrected chi connectivity index (χ2v) is 5.05. The highest BCUT2D eigenvalue weighted by molar-refractivity contribution is 7.13. The van der Waals surface area contributed by atoms with E-state index >= 15 is 0 Å². The topological polar surface area (TPSA) is 12.9 Å². The summed E-state index contributed by atoms with van der Waals surface area (Å²) in [5.41, 5.74) is 3.06. The molecule has 0 saturated carbocycles. The average Bonchev–Trinajstić information content (AvgIpc) is 2.66. The van der Waals surface area contributed by atoms with Gasteiger partial charge in [-0.15, -0.1) is 11.3 Å². The molecule has 0 N–H and O–H groups in total. The minimum atomic E-state index is -0.193. The Morgan fingerprint density at radius 1 is 1.31 bits per heavy atom. The Hall–Kier alpha value is -1.22. The molecule has 0 spiro atoms. The van der Waals surface area contributed by atoms with Crippen LogP contribution < -0.4 is 0 Å². The molecule has 0 bridgehead atoms. The molecule has 0 atom stereocenters. The van der Waals surface area contributed by atoms with Crippen molar-refractivity contribution in [3.05, 3.63) is 40.7 Å². The third-order valence-corrected chi connectivity index (χ3v) is 3.43. The summed E-state index contributed by atoms with van der Waals surface area (Å²) in [6.07, 6.45) is 0. The number of rotatable bonds is 2. The van der Waals surface area contributed by atoms with Crippen molar-refractivity contribution in [2.24, 2.45) is 0 Å². The van der Waals surface area contributed by atoms with Gasteiger partial charge in [-0.2, -0.15) is 0 Å². The van der Waals surface area contributed by atoms with Crippen LogP contribution in [-0.4, -0.2) is 4.98 Å². The third-order valence-electron chi connectivity index (χ3n) is 2.53. The van der Waals surface area contributed by atoms with E-state index in [0.29, 0.717) is 5.92 Å². The summed E-state index contributed by atoms with van der Waals surface area (Å²) in [6.45, 7) is 6.15. The summed E-state index contributed by atoms with van der Waals surface area (Å²) in [6, 6.07) is 4.83. The molecule has 2 aromatic rings. The predicted octanol–water partition coefficient (Wildman–Crippen LogP) is 4.38. The molecule has 1 heterocycles. The first-order valence-electron chi connectivity index (χ1n) is 5.30. The quantitative estimate of drug-likeness (QED) is 0.752. The monoisotopic (exact) mass is 235 g/mol. The van der Waals surface area contributed by atoms with Gasteiger partial charge >= 0.3 is 0 Å². The van der Waals surface area contributed by atoms with Crippen molar-refractivity contribution in [3.8, 4) is 10.6 Å². The fourth-order valence-corrected chi connectivity index (χ4v) is 2.61. The molecule has 0 amide bonds. The van der Waals surface area contributed by atoms with Crippen molar-refractivity contribution in [1.29, 1.82) is 0 Å². The number of thiazole rings is 1. The summed E-state index contributed by atoms with van der Waals surface area (Å²) in [4.78, 5) is 4.57. The normalized spacial score (nSPS) is 11.1. The lowest BCUT2D eigenvalue weighted by Gasteiger charge is -2.02. The molecule has 1 nitrogen and oxygen atoms in total. The number of benzene rings is 1. The first-order chi connectivity index (χ1) is 7.58. The smallest absolute Gasteiger partial charge is 0.123 e. The summed E-state index contributed by atoms with van der Waals surface area (Å²) >= 11 is 1.62. The Balaban J connectivity index is 2.42. The van der Waals surface area contributed by atoms with Gasteiger partial charge < -0.3 is 0 Å². The fraction of sp³-hybridized carbons (Fsp3) is 0.308. The van der Waals surface area contributed by atoms with Gasteiger partial charge in [-0.05, 0) is 36.6 Å². The molecule has 0 radical (unpaired) electrons. The van der Waals surface area contributed by atoms with Gasteiger partial charge in [0.2, 0.25) is 0 Å². The second-order valence-electron chi connectivity index (χ2n) is 4.19. The van der Waals surface area contributed by atoms with Gasteiger partial charge in [-0.25, -0.2) is 9.37 Å². The maximum Gasteiger partial charge on any atom is 0.123 e. The van der Waals surface area contributed by atoms with E-state index in [0.717, 1.165) is 21.8 Å². The Kier molecular flexibility index (Phi) is 3.06. The van der Waals surface area contributed by atoms with Crippen LogP contribution in [0.5, 0.6) is 0 Å². The molecule has 3 heteroatoms. The number of nitrogens with zero attached hydrogens (tertiary/aromatic N) is 1. The van der Waals surface area contributed by atoms with Gasteiger partial charge in [0, 0.05) is 10.9 Å². The summed E-state index contributed by atoms with van der Waals surface area (Å²) in [7, 11) is 0. The van der Waals surface area contributed by atoms with Crippen LogP contribution in [0.2, 0.25) is 0 Å². The van der Waals surface area contributed by atoms with Crippen molar-refractivity contribution < 1.29 is 4.39 Å². The van der Waals surface area contributed by atoms with E-state index in [-0.39, 0.29) is 5.82 Å². The molecular weight excluding hydrogens is 221 g/mol. The number of halogens is 1. The molecule has 0 saturated heterocycles. The first-order valence-corrected chi connectivity index (χ1v) is 6.18. The summed E-state index contributed by atoms with van der Waals surface area (Å²) in [5, 5.41) is 3.05. The van der Waals surface area contributed by atoms with Crippen LogP contribution in [0.3, 0.4) is 0 Å². The highest BCUT2D eigenvalue weighted by Crippen LogP contribution is 2.29. The highest BCUT2D eigenvalue weighted by atomic mass is 32.1. The van der Waals surface area contributed by atoms with E-state index < -0.39 is 0 Å². The van der Waals surface area contributed by atoms with Crippen LogP contribution in [0.4, 0.5) is 4.39 Å². The minimum Gasteiger partial charge on any atom is -0.241 e. The molecule has 84 valence electrons. The molecule has 16 heavy (non-hydrogen) atoms. The third kappa shape index (κ3) is 2.14. The van der Waals surface area contributed by atoms with Crippen molar-refractivity contribution in [2.75, 3.05) is 0 Å². The van der Waals surface area contributed by atoms with Gasteiger partial charge in [0.15, 0.2) is 0 Å². The molecule has 0 aliphatic rings. The molecule has 2 rings (SSSR count). The predicted molar refractivity (Wildman–Crippen MR) is 66.3 cm³/mol. The number of hydrogen-bond acceptors (Lipinski definition) is 2. The van der Waals surface area contributed by atoms with Gasteiger partial charge in [-0.3, -0.25) is 0 Å². The first kappa shape index (κ1) is 11.3. The largest absolute Gasteiger partial charge is 0.241 e. The van der Waals surface area contributed by atoms with Crippen LogP contribution in [-0.2, 0) is 0 Å². The lowest BCUT2D eigenvalue weighted by molar-refractivity contribution is 0.627. The van der Waals surface area contributed by atoms with E-state index in [1.54, 1.807) is 23.5 Å². The molecule has 1 aromatic heterocycles. The maximum absolute atomic E-state index is 13.0. The fourth-order valence-electron chi connectivity index (χ4n) is 1.54. The molecule has 0 aliphatic heterocycles. The van der Waals surface area contributed by atoms with E-state index in [2.05, 4.69) is 24.2 Å². The molecule has 0 unspecified atom stereocenters. The minimum absolute atomic E-state index is 0.193. The van der Waals surface area contributed by atoms with E-state index in [1.165, 1.54) is 6.07 Å². The van der Waals surface area contributed by atoms with E-state index in [9.17, 15) is 4.39 Å². The van der Waals surface area contributed by atoms with Crippen molar-refractivity contribution in [3.63, 3.8) is 0 Å². The standard InChI is InChI=1S/C13H14FNS/c1-8(2)12-7-16-13(15-12)11-5-4-10(14)6-9(11)3/h4-8H,1-3H3. The van der Waals surface area contributed by atoms with Crippen LogP contribution >= 0.6 is 11.3 Å². The van der Waals surface area contributed by atoms with Crippen LogP contribution in [0.15, 0.2) is 23.6 Å². The molecule has 0 aliphatic carbocycles. The molecule has 0 fully saturated rings. The van der Waals surface area contributed by atoms with Gasteiger partial charge in [0.25, 0.3) is 0 Å². The molecular formula is C13H14FNS. The average molecular weight is 235 g/mol. The van der Waals surface area contributed by atoms with Gasteiger partial charge in [0.05, 0.1) is 5.69 Å². The summed E-state index contributed by atoms with van der Waals surface area (Å²) in [5.74, 6) is 0.243. The van der Waals surface area contributed by atoms with Crippen molar-refractivity contribution >= 4 is 11.3 Å². The zero-order valence-electron chi connectivity index (χ0n) is 9.62. The van der Waals surface area contributed by atoms with Crippen molar-refractivity contribution in [1.82, 2.24) is 4.98 Å². The highest BCUT2D eigenvalue weighted by Gasteiger charge is 2.09. The number of hydrogen-bond donors (Lipinski definition) is 0. The van der Waals surface area contributed by atoms with Gasteiger partial charge in [0.1, 0.15) is 10.8 Å². The number of aryl methyl sites for hydroxylation is 1. The van der Waals surface area contributed by atoms with E-state index in [1.807, 2.05) is 6.92 Å². The Morgan fingerprint density at radius 3 is 2.62 bits per heavy atom. The summed E-state index contributed by atoms with van der Waals surface area (Å²) < 4.78 is 13.0. The maximum atomic E-state index is 13.0.